The Bertz CT molecular complexity index is 1020. The van der Waals surface area contributed by atoms with Gasteiger partial charge in [0.2, 0.25) is 0 Å². The maximum Gasteiger partial charge on any atom is 0.337 e. The molecule has 0 radical (unpaired) electrons. The summed E-state index contributed by atoms with van der Waals surface area (Å²) in [4.78, 5) is 35.0. The largest absolute Gasteiger partial charge is 0.465 e. The van der Waals surface area contributed by atoms with Gasteiger partial charge in [0.25, 0.3) is 0 Å². The SMILES string of the molecule is COC(=O)c1cc(Nc2nc(C)nc3sc(C)c(C)c23)cc(C(=O)OC)c1. The molecule has 0 saturated carbocycles. The lowest BCUT2D eigenvalue weighted by atomic mass is 10.1. The Morgan fingerprint density at radius 3 is 2.11 bits per heavy atom. The summed E-state index contributed by atoms with van der Waals surface area (Å²) in [7, 11) is 2.57. The lowest BCUT2D eigenvalue weighted by molar-refractivity contribution is 0.0599. The molecule has 0 spiro atoms. The van der Waals surface area contributed by atoms with Crippen LogP contribution in [0.5, 0.6) is 0 Å². The number of hydrogen-bond donors (Lipinski definition) is 1. The topological polar surface area (TPSA) is 90.4 Å². The van der Waals surface area contributed by atoms with Crippen LogP contribution in [0, 0.1) is 20.8 Å². The summed E-state index contributed by atoms with van der Waals surface area (Å²) in [5.41, 5.74) is 2.10. The van der Waals surface area contributed by atoms with Gasteiger partial charge >= 0.3 is 11.9 Å². The van der Waals surface area contributed by atoms with Crippen LogP contribution in [-0.2, 0) is 9.47 Å². The number of carbonyl (C=O) groups is 2. The highest BCUT2D eigenvalue weighted by Crippen LogP contribution is 2.34. The third kappa shape index (κ3) is 3.61. The van der Waals surface area contributed by atoms with E-state index in [1.54, 1.807) is 23.5 Å². The molecule has 0 atom stereocenters. The van der Waals surface area contributed by atoms with E-state index in [9.17, 15) is 9.59 Å². The normalized spacial score (nSPS) is 10.7. The molecule has 0 saturated heterocycles. The summed E-state index contributed by atoms with van der Waals surface area (Å²) >= 11 is 1.60. The first-order valence-electron chi connectivity index (χ1n) is 8.17. The van der Waals surface area contributed by atoms with Crippen LogP contribution in [0.15, 0.2) is 18.2 Å². The fourth-order valence-corrected chi connectivity index (χ4v) is 3.83. The molecule has 27 heavy (non-hydrogen) atoms. The van der Waals surface area contributed by atoms with Crippen LogP contribution in [0.1, 0.15) is 37.0 Å². The average molecular weight is 385 g/mol. The van der Waals surface area contributed by atoms with E-state index in [2.05, 4.69) is 15.3 Å². The highest BCUT2D eigenvalue weighted by molar-refractivity contribution is 7.18. The summed E-state index contributed by atoms with van der Waals surface area (Å²) in [5, 5.41) is 4.14. The summed E-state index contributed by atoms with van der Waals surface area (Å²) < 4.78 is 9.56. The van der Waals surface area contributed by atoms with E-state index in [0.717, 1.165) is 20.7 Å². The van der Waals surface area contributed by atoms with Crippen molar-refractivity contribution in [1.29, 1.82) is 0 Å². The molecular weight excluding hydrogens is 366 g/mol. The van der Waals surface area contributed by atoms with Crippen LogP contribution in [0.25, 0.3) is 10.2 Å². The fourth-order valence-electron chi connectivity index (χ4n) is 2.75. The maximum atomic E-state index is 12.0. The molecule has 0 aliphatic heterocycles. The van der Waals surface area contributed by atoms with E-state index >= 15 is 0 Å². The number of hydrogen-bond acceptors (Lipinski definition) is 8. The Morgan fingerprint density at radius 1 is 0.963 bits per heavy atom. The number of carbonyl (C=O) groups excluding carboxylic acids is 2. The van der Waals surface area contributed by atoms with Crippen molar-refractivity contribution < 1.29 is 19.1 Å². The van der Waals surface area contributed by atoms with Gasteiger partial charge in [0.15, 0.2) is 0 Å². The first-order chi connectivity index (χ1) is 12.8. The highest BCUT2D eigenvalue weighted by atomic mass is 32.1. The van der Waals surface area contributed by atoms with Crippen LogP contribution in [0.3, 0.4) is 0 Å². The molecule has 3 rings (SSSR count). The molecule has 140 valence electrons. The second-order valence-electron chi connectivity index (χ2n) is 5.99. The lowest BCUT2D eigenvalue weighted by Gasteiger charge is -2.11. The molecule has 0 aliphatic rings. The minimum atomic E-state index is -0.546. The Kier molecular flexibility index (Phi) is 5.09. The Morgan fingerprint density at radius 2 is 1.56 bits per heavy atom. The number of benzene rings is 1. The van der Waals surface area contributed by atoms with E-state index in [1.807, 2.05) is 20.8 Å². The van der Waals surface area contributed by atoms with E-state index < -0.39 is 11.9 Å². The number of aromatic nitrogens is 2. The van der Waals surface area contributed by atoms with Gasteiger partial charge in [-0.2, -0.15) is 0 Å². The molecule has 0 fully saturated rings. The summed E-state index contributed by atoms with van der Waals surface area (Å²) in [5.74, 6) is 0.159. The maximum absolute atomic E-state index is 12.0. The van der Waals surface area contributed by atoms with Crippen molar-refractivity contribution in [3.8, 4) is 0 Å². The number of ether oxygens (including phenoxy) is 2. The predicted molar refractivity (Wildman–Crippen MR) is 104 cm³/mol. The number of anilines is 2. The van der Waals surface area contributed by atoms with Crippen molar-refractivity contribution in [3.63, 3.8) is 0 Å². The highest BCUT2D eigenvalue weighted by Gasteiger charge is 2.17. The predicted octanol–water partition coefficient (Wildman–Crippen LogP) is 3.93. The molecule has 2 heterocycles. The van der Waals surface area contributed by atoms with Crippen LogP contribution in [-0.4, -0.2) is 36.1 Å². The van der Waals surface area contributed by atoms with Gasteiger partial charge in [0.1, 0.15) is 16.5 Å². The first-order valence-corrected chi connectivity index (χ1v) is 8.98. The van der Waals surface area contributed by atoms with Crippen molar-refractivity contribution >= 4 is 45.0 Å². The van der Waals surface area contributed by atoms with Gasteiger partial charge in [0.05, 0.1) is 30.7 Å². The minimum absolute atomic E-state index is 0.239. The third-order valence-corrected chi connectivity index (χ3v) is 5.28. The Balaban J connectivity index is 2.14. The summed E-state index contributed by atoms with van der Waals surface area (Å²) in [6.07, 6.45) is 0. The van der Waals surface area contributed by atoms with Gasteiger partial charge in [-0.1, -0.05) is 0 Å². The summed E-state index contributed by atoms with van der Waals surface area (Å²) in [6.45, 7) is 5.87. The Hall–Kier alpha value is -3.00. The molecule has 1 aromatic carbocycles. The fraction of sp³-hybridized carbons (Fsp3) is 0.263. The molecule has 0 aliphatic carbocycles. The number of esters is 2. The number of aryl methyl sites for hydroxylation is 3. The number of nitrogens with one attached hydrogen (secondary N) is 1. The third-order valence-electron chi connectivity index (χ3n) is 4.18. The average Bonchev–Trinajstić information content (AvgIpc) is 2.93. The van der Waals surface area contributed by atoms with Gasteiger partial charge in [-0.05, 0) is 44.5 Å². The number of nitrogens with zero attached hydrogens (tertiary/aromatic N) is 2. The van der Waals surface area contributed by atoms with Crippen LogP contribution >= 0.6 is 11.3 Å². The van der Waals surface area contributed by atoms with Gasteiger partial charge in [0, 0.05) is 10.6 Å². The molecule has 7 nitrogen and oxygen atoms in total. The molecular formula is C19H19N3O4S. The lowest BCUT2D eigenvalue weighted by Crippen LogP contribution is -2.08. The van der Waals surface area contributed by atoms with Crippen LogP contribution in [0.2, 0.25) is 0 Å². The molecule has 2 aromatic heterocycles. The van der Waals surface area contributed by atoms with Gasteiger partial charge < -0.3 is 14.8 Å². The quantitative estimate of drug-likeness (QED) is 0.680. The van der Waals surface area contributed by atoms with E-state index in [4.69, 9.17) is 9.47 Å². The van der Waals surface area contributed by atoms with Crippen molar-refractivity contribution in [2.75, 3.05) is 19.5 Å². The van der Waals surface area contributed by atoms with Gasteiger partial charge in [-0.25, -0.2) is 19.6 Å². The van der Waals surface area contributed by atoms with Crippen LogP contribution < -0.4 is 5.32 Å². The van der Waals surface area contributed by atoms with Gasteiger partial charge in [-0.15, -0.1) is 11.3 Å². The van der Waals surface area contributed by atoms with Gasteiger partial charge in [-0.3, -0.25) is 0 Å². The zero-order valence-electron chi connectivity index (χ0n) is 15.7. The van der Waals surface area contributed by atoms with E-state index in [0.29, 0.717) is 17.3 Å². The Labute approximate surface area is 160 Å². The molecule has 0 bridgehead atoms. The van der Waals surface area contributed by atoms with E-state index in [-0.39, 0.29) is 11.1 Å². The standard InChI is InChI=1S/C19H19N3O4S/c1-9-10(2)27-17-15(9)16(20-11(3)21-17)22-14-7-12(18(23)25-4)6-13(8-14)19(24)26-5/h6-8H,1-5H3,(H,20,21,22). The summed E-state index contributed by atoms with van der Waals surface area (Å²) in [6, 6.07) is 4.65. The van der Waals surface area contributed by atoms with Crippen molar-refractivity contribution in [3.05, 3.63) is 45.6 Å². The molecule has 0 unspecified atom stereocenters. The van der Waals surface area contributed by atoms with Crippen LogP contribution in [0.4, 0.5) is 11.5 Å². The second kappa shape index (κ2) is 7.32. The van der Waals surface area contributed by atoms with Crippen molar-refractivity contribution in [1.82, 2.24) is 9.97 Å². The van der Waals surface area contributed by atoms with Crippen molar-refractivity contribution in [2.24, 2.45) is 0 Å². The smallest absolute Gasteiger partial charge is 0.337 e. The second-order valence-corrected chi connectivity index (χ2v) is 7.19. The van der Waals surface area contributed by atoms with E-state index in [1.165, 1.54) is 20.3 Å². The molecule has 8 heteroatoms. The molecule has 1 N–H and O–H groups in total. The molecule has 3 aromatic rings. The monoisotopic (exact) mass is 385 g/mol. The zero-order valence-corrected chi connectivity index (χ0v) is 16.5. The number of fused-ring (bicyclic) bond motifs is 1. The number of methoxy groups -OCH3 is 2. The van der Waals surface area contributed by atoms with Crippen molar-refractivity contribution in [2.45, 2.75) is 20.8 Å². The zero-order chi connectivity index (χ0) is 19.7. The molecule has 0 amide bonds. The number of rotatable bonds is 4. The number of thiophene rings is 1. The first kappa shape index (κ1) is 18.8. The minimum Gasteiger partial charge on any atom is -0.465 e.